The molecule has 7 rings (SSSR count). The molecule has 0 bridgehead atoms. The van der Waals surface area contributed by atoms with Crippen molar-refractivity contribution in [1.82, 2.24) is 4.90 Å². The SMILES string of the molecule is COCCOC(=O)N1C(=O)C2(c3cc(C#CCC(C(=O)OC)C(=O)OC)ccc31)C(C(=O)O)C1C(=O)OC(c3ccccc3)C(c3ccccc3)N1C2c1ccc(OCCO)cc1. The van der Waals surface area contributed by atoms with Crippen molar-refractivity contribution in [2.75, 3.05) is 52.7 Å². The van der Waals surface area contributed by atoms with Gasteiger partial charge < -0.3 is 38.6 Å². The summed E-state index contributed by atoms with van der Waals surface area (Å²) in [6.07, 6.45) is -2.43. The van der Waals surface area contributed by atoms with Crippen LogP contribution in [0.5, 0.6) is 5.75 Å². The maximum Gasteiger partial charge on any atom is 0.421 e. The highest BCUT2D eigenvalue weighted by molar-refractivity contribution is 6.23. The Morgan fingerprint density at radius 3 is 2.05 bits per heavy atom. The van der Waals surface area contributed by atoms with E-state index in [0.29, 0.717) is 22.4 Å². The maximum absolute atomic E-state index is 15.8. The van der Waals surface area contributed by atoms with Gasteiger partial charge in [0.1, 0.15) is 42.4 Å². The van der Waals surface area contributed by atoms with Crippen LogP contribution in [0.15, 0.2) is 103 Å². The number of aliphatic hydroxyl groups is 1. The second-order valence-corrected chi connectivity index (χ2v) is 14.8. The van der Waals surface area contributed by atoms with E-state index in [1.807, 2.05) is 24.3 Å². The summed E-state index contributed by atoms with van der Waals surface area (Å²) in [5.41, 5.74) is -0.392. The molecule has 3 aliphatic rings. The molecule has 0 aliphatic carbocycles. The number of aliphatic hydroxyl groups excluding tert-OH is 1. The van der Waals surface area contributed by atoms with Crippen molar-refractivity contribution in [2.24, 2.45) is 11.8 Å². The van der Waals surface area contributed by atoms with Crippen molar-refractivity contribution in [1.29, 1.82) is 0 Å². The number of carboxylic acid groups (broad SMARTS) is 1. The van der Waals surface area contributed by atoms with Gasteiger partial charge in [-0.1, -0.05) is 84.6 Å². The summed E-state index contributed by atoms with van der Waals surface area (Å²) >= 11 is 0. The Morgan fingerprint density at radius 1 is 0.794 bits per heavy atom. The Bertz CT molecular complexity index is 2420. The molecule has 3 heterocycles. The highest BCUT2D eigenvalue weighted by Crippen LogP contribution is 2.66. The number of hydrogen-bond donors (Lipinski definition) is 2. The third kappa shape index (κ3) is 7.98. The Hall–Kier alpha value is -7.06. The van der Waals surface area contributed by atoms with Crippen LogP contribution in [-0.4, -0.2) is 105 Å². The number of aliphatic carboxylic acids is 1. The predicted molar refractivity (Wildman–Crippen MR) is 221 cm³/mol. The number of esters is 3. The molecule has 63 heavy (non-hydrogen) atoms. The molecule has 4 aromatic carbocycles. The highest BCUT2D eigenvalue weighted by Gasteiger charge is 2.76. The number of cyclic esters (lactones) is 1. The second-order valence-electron chi connectivity index (χ2n) is 14.8. The molecule has 0 saturated carbocycles. The van der Waals surface area contributed by atoms with Crippen molar-refractivity contribution < 1.29 is 67.4 Å². The lowest BCUT2D eigenvalue weighted by molar-refractivity contribution is -0.179. The molecule has 4 aromatic rings. The zero-order valence-corrected chi connectivity index (χ0v) is 34.5. The number of nitrogens with zero attached hydrogens (tertiary/aromatic N) is 2. The number of methoxy groups -OCH3 is 3. The van der Waals surface area contributed by atoms with Crippen LogP contribution in [0.1, 0.15) is 52.4 Å². The molecule has 2 saturated heterocycles. The van der Waals surface area contributed by atoms with Gasteiger partial charge in [0.15, 0.2) is 5.92 Å². The molecule has 6 unspecified atom stereocenters. The average Bonchev–Trinajstić information content (AvgIpc) is 3.76. The number of amides is 2. The van der Waals surface area contributed by atoms with Crippen molar-refractivity contribution in [3.05, 3.63) is 131 Å². The van der Waals surface area contributed by atoms with E-state index in [1.165, 1.54) is 25.3 Å². The first-order chi connectivity index (χ1) is 30.5. The number of fused-ring (bicyclic) bond motifs is 3. The van der Waals surface area contributed by atoms with Crippen molar-refractivity contribution >= 4 is 41.6 Å². The quantitative estimate of drug-likeness (QED) is 0.0633. The van der Waals surface area contributed by atoms with E-state index in [1.54, 1.807) is 65.6 Å². The molecule has 1 spiro atoms. The number of imide groups is 1. The molecular weight excluding hydrogens is 817 g/mol. The third-order valence-electron chi connectivity index (χ3n) is 11.5. The molecule has 2 fully saturated rings. The van der Waals surface area contributed by atoms with Crippen molar-refractivity contribution in [2.45, 2.75) is 36.1 Å². The Kier molecular flexibility index (Phi) is 13.2. The number of benzene rings is 4. The van der Waals surface area contributed by atoms with E-state index in [2.05, 4.69) is 11.8 Å². The van der Waals surface area contributed by atoms with Crippen LogP contribution in [0.25, 0.3) is 0 Å². The summed E-state index contributed by atoms with van der Waals surface area (Å²) in [5.74, 6) is -2.33. The lowest BCUT2D eigenvalue weighted by Crippen LogP contribution is -2.53. The molecule has 2 N–H and O–H groups in total. The largest absolute Gasteiger partial charge is 0.491 e. The van der Waals surface area contributed by atoms with Crippen LogP contribution in [-0.2, 0) is 53.1 Å². The number of carbonyl (C=O) groups excluding carboxylic acids is 5. The van der Waals surface area contributed by atoms with Gasteiger partial charge in [0.2, 0.25) is 5.91 Å². The number of carboxylic acids is 1. The number of hydrogen-bond acceptors (Lipinski definition) is 14. The summed E-state index contributed by atoms with van der Waals surface area (Å²) in [6.45, 7) is -0.531. The Labute approximate surface area is 362 Å². The number of carbonyl (C=O) groups is 6. The first kappa shape index (κ1) is 44.0. The van der Waals surface area contributed by atoms with Gasteiger partial charge in [-0.3, -0.25) is 28.9 Å². The van der Waals surface area contributed by atoms with Gasteiger partial charge in [0, 0.05) is 19.1 Å². The van der Waals surface area contributed by atoms with Gasteiger partial charge in [-0.2, -0.15) is 0 Å². The van der Waals surface area contributed by atoms with Crippen LogP contribution in [0.2, 0.25) is 0 Å². The van der Waals surface area contributed by atoms with E-state index in [4.69, 9.17) is 28.4 Å². The molecule has 16 heteroatoms. The van der Waals surface area contributed by atoms with E-state index < -0.39 is 77.4 Å². The standard InChI is InChI=1S/C47H44N2O14/c1-58-25-26-62-46(57)48-35-22-17-28(11-10-16-33(42(53)59-2)43(54)60-3)27-34(35)47(45(48)56)36(41(51)52)38-44(55)63-39(30-14-8-5-9-15-30)37(29-12-6-4-7-13-29)49(38)40(47)31-18-20-32(21-19-31)61-24-23-50/h4-9,12-15,17-22,27,33,36-40,50H,16,23-26H2,1-3H3,(H,51,52). The van der Waals surface area contributed by atoms with Crippen LogP contribution in [0.3, 0.4) is 0 Å². The first-order valence-corrected chi connectivity index (χ1v) is 20.0. The van der Waals surface area contributed by atoms with Gasteiger partial charge >= 0.3 is 30.0 Å². The minimum absolute atomic E-state index is 0.00909. The lowest BCUT2D eigenvalue weighted by Gasteiger charge is -2.46. The minimum Gasteiger partial charge on any atom is -0.491 e. The number of ether oxygens (including phenoxy) is 6. The molecule has 6 atom stereocenters. The summed E-state index contributed by atoms with van der Waals surface area (Å²) in [4.78, 5) is 86.3. The topological polar surface area (TPSA) is 205 Å². The van der Waals surface area contributed by atoms with E-state index in [-0.39, 0.29) is 49.7 Å². The van der Waals surface area contributed by atoms with Gasteiger partial charge in [-0.05, 0) is 52.6 Å². The molecule has 2 amide bonds. The van der Waals surface area contributed by atoms with Gasteiger partial charge in [-0.25, -0.2) is 9.69 Å². The highest BCUT2D eigenvalue weighted by atomic mass is 16.6. The van der Waals surface area contributed by atoms with Gasteiger partial charge in [-0.15, -0.1) is 0 Å². The smallest absolute Gasteiger partial charge is 0.421 e. The second kappa shape index (κ2) is 18.9. The minimum atomic E-state index is -2.27. The first-order valence-electron chi connectivity index (χ1n) is 20.0. The fourth-order valence-corrected chi connectivity index (χ4v) is 8.93. The van der Waals surface area contributed by atoms with Crippen LogP contribution in [0.4, 0.5) is 10.5 Å². The molecule has 0 radical (unpaired) electrons. The molecule has 16 nitrogen and oxygen atoms in total. The van der Waals surface area contributed by atoms with Crippen LogP contribution < -0.4 is 9.64 Å². The summed E-state index contributed by atoms with van der Waals surface area (Å²) < 4.78 is 32.1. The van der Waals surface area contributed by atoms with Crippen LogP contribution in [0, 0.1) is 23.7 Å². The fourth-order valence-electron chi connectivity index (χ4n) is 8.93. The number of morpholine rings is 1. The lowest BCUT2D eigenvalue weighted by atomic mass is 9.65. The average molecular weight is 861 g/mol. The Balaban J connectivity index is 1.51. The fraction of sp³-hybridized carbons (Fsp3) is 0.319. The summed E-state index contributed by atoms with van der Waals surface area (Å²) in [7, 11) is 3.65. The van der Waals surface area contributed by atoms with E-state index in [9.17, 15) is 34.2 Å². The van der Waals surface area contributed by atoms with Crippen molar-refractivity contribution in [3.63, 3.8) is 0 Å². The molecule has 326 valence electrons. The molecule has 3 aliphatic heterocycles. The Morgan fingerprint density at radius 2 is 1.44 bits per heavy atom. The number of anilines is 1. The zero-order chi connectivity index (χ0) is 44.8. The molecule has 0 aromatic heterocycles. The summed E-state index contributed by atoms with van der Waals surface area (Å²) in [5, 5.41) is 21.0. The zero-order valence-electron chi connectivity index (χ0n) is 34.5. The van der Waals surface area contributed by atoms with Crippen LogP contribution >= 0.6 is 0 Å². The van der Waals surface area contributed by atoms with Crippen molar-refractivity contribution in [3.8, 4) is 17.6 Å². The summed E-state index contributed by atoms with van der Waals surface area (Å²) in [6, 6.07) is 25.1. The molecular formula is C47H44N2O14. The third-order valence-corrected chi connectivity index (χ3v) is 11.5. The van der Waals surface area contributed by atoms with E-state index >= 15 is 4.79 Å². The van der Waals surface area contributed by atoms with Gasteiger partial charge in [0.25, 0.3) is 0 Å². The monoisotopic (exact) mass is 860 g/mol. The van der Waals surface area contributed by atoms with Gasteiger partial charge in [0.05, 0.1) is 45.2 Å². The normalized spacial score (nSPS) is 22.4. The maximum atomic E-state index is 15.8. The number of rotatable bonds is 13. The van der Waals surface area contributed by atoms with E-state index in [0.717, 1.165) is 19.1 Å². The predicted octanol–water partition coefficient (Wildman–Crippen LogP) is 4.29.